The molecule has 4 heteroatoms. The third-order valence-corrected chi connectivity index (χ3v) is 4.84. The van der Waals surface area contributed by atoms with E-state index < -0.39 is 0 Å². The normalized spacial score (nSPS) is 20.1. The van der Waals surface area contributed by atoms with E-state index in [0.717, 1.165) is 42.0 Å². The van der Waals surface area contributed by atoms with Gasteiger partial charge < -0.3 is 15.4 Å². The maximum atomic E-state index is 12.6. The Kier molecular flexibility index (Phi) is 5.71. The molecule has 2 N–H and O–H groups in total. The van der Waals surface area contributed by atoms with Gasteiger partial charge in [0.05, 0.1) is 0 Å². The molecule has 1 heterocycles. The zero-order valence-corrected chi connectivity index (χ0v) is 14.9. The monoisotopic (exact) mass is 338 g/mol. The summed E-state index contributed by atoms with van der Waals surface area (Å²) in [6.45, 7) is 5.56. The molecule has 0 saturated carbocycles. The molecule has 1 aliphatic rings. The smallest absolute Gasteiger partial charge is 0.227 e. The Bertz CT molecular complexity index is 715. The van der Waals surface area contributed by atoms with E-state index in [4.69, 9.17) is 4.74 Å². The molecule has 0 spiro atoms. The first-order valence-corrected chi connectivity index (χ1v) is 8.94. The van der Waals surface area contributed by atoms with Crippen LogP contribution in [0.15, 0.2) is 48.5 Å². The lowest BCUT2D eigenvalue weighted by atomic mass is 9.92. The molecule has 25 heavy (non-hydrogen) atoms. The van der Waals surface area contributed by atoms with Crippen LogP contribution in [0.2, 0.25) is 0 Å². The van der Waals surface area contributed by atoms with Crippen LogP contribution in [0.5, 0.6) is 5.75 Å². The van der Waals surface area contributed by atoms with Gasteiger partial charge in [-0.1, -0.05) is 30.3 Å². The zero-order chi connectivity index (χ0) is 17.6. The highest BCUT2D eigenvalue weighted by Crippen LogP contribution is 2.23. The molecule has 2 atom stereocenters. The van der Waals surface area contributed by atoms with Crippen molar-refractivity contribution in [2.45, 2.75) is 39.3 Å². The fourth-order valence-corrected chi connectivity index (χ4v) is 3.26. The largest absolute Gasteiger partial charge is 0.489 e. The number of hydrogen-bond acceptors (Lipinski definition) is 3. The van der Waals surface area contributed by atoms with E-state index in [9.17, 15) is 4.79 Å². The van der Waals surface area contributed by atoms with Gasteiger partial charge in [-0.2, -0.15) is 0 Å². The van der Waals surface area contributed by atoms with Crippen molar-refractivity contribution in [1.29, 1.82) is 0 Å². The van der Waals surface area contributed by atoms with Crippen LogP contribution in [0.1, 0.15) is 30.9 Å². The number of ether oxygens (including phenoxy) is 1. The molecule has 2 aromatic rings. The maximum Gasteiger partial charge on any atom is 0.227 e. The van der Waals surface area contributed by atoms with Gasteiger partial charge in [-0.3, -0.25) is 4.79 Å². The van der Waals surface area contributed by atoms with Crippen LogP contribution >= 0.6 is 0 Å². The molecule has 1 saturated heterocycles. The zero-order valence-electron chi connectivity index (χ0n) is 14.9. The minimum absolute atomic E-state index is 0.0832. The van der Waals surface area contributed by atoms with Crippen LogP contribution in [0.4, 0.5) is 5.69 Å². The van der Waals surface area contributed by atoms with E-state index in [1.165, 1.54) is 0 Å². The molecule has 1 aliphatic heterocycles. The third kappa shape index (κ3) is 4.60. The summed E-state index contributed by atoms with van der Waals surface area (Å²) < 4.78 is 5.84. The predicted octanol–water partition coefficient (Wildman–Crippen LogP) is 3.90. The summed E-state index contributed by atoms with van der Waals surface area (Å²) >= 11 is 0. The highest BCUT2D eigenvalue weighted by atomic mass is 16.5. The van der Waals surface area contributed by atoms with Gasteiger partial charge in [0.2, 0.25) is 5.91 Å². The number of nitrogens with one attached hydrogen (secondary N) is 2. The first-order valence-electron chi connectivity index (χ1n) is 8.94. The third-order valence-electron chi connectivity index (χ3n) is 4.84. The number of amides is 1. The van der Waals surface area contributed by atoms with Gasteiger partial charge in [-0.05, 0) is 62.6 Å². The Hall–Kier alpha value is -2.33. The molecule has 0 aliphatic carbocycles. The molecule has 0 bridgehead atoms. The summed E-state index contributed by atoms with van der Waals surface area (Å²) in [4.78, 5) is 12.6. The number of anilines is 1. The molecule has 0 unspecified atom stereocenters. The lowest BCUT2D eigenvalue weighted by Gasteiger charge is -2.27. The van der Waals surface area contributed by atoms with Crippen LogP contribution in [0.25, 0.3) is 0 Å². The summed E-state index contributed by atoms with van der Waals surface area (Å²) in [6.07, 6.45) is 1.79. The lowest BCUT2D eigenvalue weighted by molar-refractivity contribution is -0.120. The Morgan fingerprint density at radius 3 is 2.76 bits per heavy atom. The first kappa shape index (κ1) is 17.5. The van der Waals surface area contributed by atoms with Gasteiger partial charge in [0.25, 0.3) is 0 Å². The first-order chi connectivity index (χ1) is 12.1. The fourth-order valence-electron chi connectivity index (χ4n) is 3.26. The average molecular weight is 338 g/mol. The standard InChI is InChI=1S/C21H26N2O2/c1-15-13-17(11-12-22-15)21(24)23-20-10-6-7-18(16(20)2)14-25-19-8-4-3-5-9-19/h3-10,15,17,22H,11-14H2,1-2H3,(H,23,24)/t15-,17-/m0/s1. The van der Waals surface area contributed by atoms with E-state index >= 15 is 0 Å². The van der Waals surface area contributed by atoms with Crippen LogP contribution in [0.3, 0.4) is 0 Å². The molecule has 2 aromatic carbocycles. The van der Waals surface area contributed by atoms with Crippen LogP contribution in [0, 0.1) is 12.8 Å². The number of carbonyl (C=O) groups excluding carboxylic acids is 1. The summed E-state index contributed by atoms with van der Waals surface area (Å²) in [5.74, 6) is 1.05. The molecule has 1 fully saturated rings. The van der Waals surface area contributed by atoms with Crippen LogP contribution in [-0.2, 0) is 11.4 Å². The number of piperidine rings is 1. The Balaban J connectivity index is 1.65. The van der Waals surface area contributed by atoms with Crippen molar-refractivity contribution < 1.29 is 9.53 Å². The fraction of sp³-hybridized carbons (Fsp3) is 0.381. The van der Waals surface area contributed by atoms with Crippen molar-refractivity contribution in [3.63, 3.8) is 0 Å². The van der Waals surface area contributed by atoms with Crippen molar-refractivity contribution in [2.24, 2.45) is 5.92 Å². The molecular weight excluding hydrogens is 312 g/mol. The second kappa shape index (κ2) is 8.17. The second-order valence-electron chi connectivity index (χ2n) is 6.76. The van der Waals surface area contributed by atoms with Crippen molar-refractivity contribution in [3.05, 3.63) is 59.7 Å². The molecule has 0 aromatic heterocycles. The highest BCUT2D eigenvalue weighted by Gasteiger charge is 2.25. The summed E-state index contributed by atoms with van der Waals surface area (Å²) in [7, 11) is 0. The van der Waals surface area contributed by atoms with Gasteiger partial charge >= 0.3 is 0 Å². The summed E-state index contributed by atoms with van der Waals surface area (Å²) in [6, 6.07) is 16.1. The van der Waals surface area contributed by atoms with Gasteiger partial charge in [-0.25, -0.2) is 0 Å². The lowest BCUT2D eigenvalue weighted by Crippen LogP contribution is -2.40. The van der Waals surface area contributed by atoms with E-state index in [1.54, 1.807) is 0 Å². The Morgan fingerprint density at radius 1 is 1.20 bits per heavy atom. The topological polar surface area (TPSA) is 50.4 Å². The number of hydrogen-bond donors (Lipinski definition) is 2. The molecule has 4 nitrogen and oxygen atoms in total. The predicted molar refractivity (Wildman–Crippen MR) is 101 cm³/mol. The molecule has 0 radical (unpaired) electrons. The quantitative estimate of drug-likeness (QED) is 0.869. The minimum atomic E-state index is 0.0832. The highest BCUT2D eigenvalue weighted by molar-refractivity contribution is 5.93. The van der Waals surface area contributed by atoms with Gasteiger partial charge in [0.15, 0.2) is 0 Å². The average Bonchev–Trinajstić information content (AvgIpc) is 2.63. The van der Waals surface area contributed by atoms with Crippen LogP contribution in [-0.4, -0.2) is 18.5 Å². The van der Waals surface area contributed by atoms with E-state index in [0.29, 0.717) is 12.6 Å². The number of para-hydroxylation sites is 1. The Morgan fingerprint density at radius 2 is 2.00 bits per heavy atom. The second-order valence-corrected chi connectivity index (χ2v) is 6.76. The van der Waals surface area contributed by atoms with Gasteiger partial charge in [0.1, 0.15) is 12.4 Å². The van der Waals surface area contributed by atoms with Gasteiger partial charge in [0, 0.05) is 17.6 Å². The molecule has 1 amide bonds. The summed E-state index contributed by atoms with van der Waals surface area (Å²) in [5, 5.41) is 6.50. The van der Waals surface area contributed by atoms with E-state index in [1.807, 2.05) is 55.5 Å². The van der Waals surface area contributed by atoms with Crippen LogP contribution < -0.4 is 15.4 Å². The Labute approximate surface area is 149 Å². The van der Waals surface area contributed by atoms with Crippen molar-refractivity contribution >= 4 is 11.6 Å². The van der Waals surface area contributed by atoms with Crippen molar-refractivity contribution in [2.75, 3.05) is 11.9 Å². The van der Waals surface area contributed by atoms with Crippen molar-refractivity contribution in [3.8, 4) is 5.75 Å². The number of carbonyl (C=O) groups is 1. The summed E-state index contributed by atoms with van der Waals surface area (Å²) in [5.41, 5.74) is 3.03. The minimum Gasteiger partial charge on any atom is -0.489 e. The van der Waals surface area contributed by atoms with E-state index in [-0.39, 0.29) is 11.8 Å². The molecule has 3 rings (SSSR count). The number of benzene rings is 2. The van der Waals surface area contributed by atoms with Crippen molar-refractivity contribution in [1.82, 2.24) is 5.32 Å². The molecular formula is C21H26N2O2. The maximum absolute atomic E-state index is 12.6. The molecule has 132 valence electrons. The van der Waals surface area contributed by atoms with Gasteiger partial charge in [-0.15, -0.1) is 0 Å². The van der Waals surface area contributed by atoms with E-state index in [2.05, 4.69) is 17.6 Å². The SMILES string of the molecule is Cc1c(COc2ccccc2)cccc1NC(=O)[C@H]1CCN[C@@H](C)C1. The number of rotatable bonds is 5.